The lowest BCUT2D eigenvalue weighted by atomic mass is 10.2. The maximum Gasteiger partial charge on any atom is 0.327 e. The van der Waals surface area contributed by atoms with Gasteiger partial charge in [0, 0.05) is 0 Å². The van der Waals surface area contributed by atoms with E-state index in [1.54, 1.807) is 0 Å². The fraction of sp³-hybridized carbons (Fsp3) is 1.00. The molecule has 0 fully saturated rings. The van der Waals surface area contributed by atoms with Gasteiger partial charge in [0.05, 0.1) is 13.2 Å². The molecular weight excluding hydrogens is 300 g/mol. The van der Waals surface area contributed by atoms with Gasteiger partial charge in [-0.3, -0.25) is 18.1 Å². The first kappa shape index (κ1) is 16.2. The standard InChI is InChI=1S/C4H6O8P4/c5-13-9-1-3(11-15-7)4(12-16-8)2-10-14-6/h3-4H,1-2H2. The summed E-state index contributed by atoms with van der Waals surface area (Å²) in [5, 5.41) is 0. The molecule has 0 aliphatic rings. The fourth-order valence-electron chi connectivity index (χ4n) is 0.730. The van der Waals surface area contributed by atoms with Gasteiger partial charge >= 0.3 is 34.7 Å². The molecule has 0 aliphatic carbocycles. The van der Waals surface area contributed by atoms with Crippen molar-refractivity contribution < 1.29 is 36.4 Å². The summed E-state index contributed by atoms with van der Waals surface area (Å²) in [5.74, 6) is 0. The molecule has 0 aromatic heterocycles. The molecule has 0 N–H and O–H groups in total. The number of rotatable bonds is 11. The van der Waals surface area contributed by atoms with Crippen molar-refractivity contribution in [3.8, 4) is 0 Å². The van der Waals surface area contributed by atoms with Crippen LogP contribution in [0.4, 0.5) is 0 Å². The van der Waals surface area contributed by atoms with Crippen LogP contribution in [0.3, 0.4) is 0 Å². The lowest BCUT2D eigenvalue weighted by Gasteiger charge is -2.19. The van der Waals surface area contributed by atoms with E-state index in [1.165, 1.54) is 0 Å². The molecule has 8 nitrogen and oxygen atoms in total. The quantitative estimate of drug-likeness (QED) is 0.536. The molecule has 0 aliphatic heterocycles. The SMILES string of the molecule is O=POCC(OP=O)C(COP=O)OP=O. The molecule has 16 heavy (non-hydrogen) atoms. The third-order valence-corrected chi connectivity index (χ3v) is 2.58. The molecule has 0 aromatic carbocycles. The Labute approximate surface area is 97.1 Å². The van der Waals surface area contributed by atoms with Gasteiger partial charge in [0.25, 0.3) is 0 Å². The molecule has 0 rings (SSSR count). The Kier molecular flexibility index (Phi) is 11.9. The van der Waals surface area contributed by atoms with Crippen molar-refractivity contribution in [3.05, 3.63) is 0 Å². The molecule has 0 bridgehead atoms. The molecule has 12 heteroatoms. The van der Waals surface area contributed by atoms with Crippen LogP contribution in [0.5, 0.6) is 0 Å². The van der Waals surface area contributed by atoms with E-state index in [0.717, 1.165) is 0 Å². The van der Waals surface area contributed by atoms with Crippen molar-refractivity contribution in [3.63, 3.8) is 0 Å². The molecule has 2 unspecified atom stereocenters. The maximum absolute atomic E-state index is 10.3. The largest absolute Gasteiger partial charge is 0.327 e. The van der Waals surface area contributed by atoms with Crippen LogP contribution in [0.1, 0.15) is 0 Å². The first-order valence-electron chi connectivity index (χ1n) is 3.66. The summed E-state index contributed by atoms with van der Waals surface area (Å²) in [6.45, 7) is -0.445. The first-order valence-corrected chi connectivity index (χ1v) is 6.58. The topological polar surface area (TPSA) is 105 Å². The van der Waals surface area contributed by atoms with E-state index in [4.69, 9.17) is 0 Å². The second-order valence-electron chi connectivity index (χ2n) is 2.18. The van der Waals surface area contributed by atoms with Crippen LogP contribution in [0, 0.1) is 0 Å². The van der Waals surface area contributed by atoms with Gasteiger partial charge in [-0.2, -0.15) is 0 Å². The van der Waals surface area contributed by atoms with E-state index in [2.05, 4.69) is 18.1 Å². The van der Waals surface area contributed by atoms with E-state index in [1.807, 2.05) is 0 Å². The second kappa shape index (κ2) is 11.7. The average molecular weight is 306 g/mol. The van der Waals surface area contributed by atoms with Crippen LogP contribution >= 0.6 is 34.7 Å². The molecule has 0 aromatic rings. The fourth-order valence-corrected chi connectivity index (χ4v) is 1.76. The van der Waals surface area contributed by atoms with E-state index in [-0.39, 0.29) is 13.2 Å². The molecule has 2 atom stereocenters. The van der Waals surface area contributed by atoms with Crippen LogP contribution in [0.25, 0.3) is 0 Å². The molecule has 0 amide bonds. The Morgan fingerprint density at radius 2 is 1.06 bits per heavy atom. The van der Waals surface area contributed by atoms with Gasteiger partial charge in [-0.15, -0.1) is 0 Å². The Morgan fingerprint density at radius 1 is 0.688 bits per heavy atom. The van der Waals surface area contributed by atoms with Crippen molar-refractivity contribution >= 4 is 34.7 Å². The van der Waals surface area contributed by atoms with Gasteiger partial charge < -0.3 is 0 Å². The zero-order chi connectivity index (χ0) is 12.2. The summed E-state index contributed by atoms with van der Waals surface area (Å²) in [6, 6.07) is 0. The van der Waals surface area contributed by atoms with Crippen molar-refractivity contribution in [1.82, 2.24) is 0 Å². The minimum absolute atomic E-state index is 0.223. The third kappa shape index (κ3) is 7.50. The zero-order valence-corrected chi connectivity index (χ0v) is 11.2. The normalized spacial score (nSPS) is 15.8. The molecule has 0 heterocycles. The number of hydrogen-bond acceptors (Lipinski definition) is 8. The summed E-state index contributed by atoms with van der Waals surface area (Å²) >= 11 is 0. The lowest BCUT2D eigenvalue weighted by molar-refractivity contribution is 0.0169. The van der Waals surface area contributed by atoms with Crippen molar-refractivity contribution in [2.75, 3.05) is 13.2 Å². The Balaban J connectivity index is 4.34. The maximum atomic E-state index is 10.3. The van der Waals surface area contributed by atoms with E-state index >= 15 is 0 Å². The Hall–Kier alpha value is 0.240. The molecular formula is C4H6O8P4. The molecule has 0 spiro atoms. The van der Waals surface area contributed by atoms with Crippen molar-refractivity contribution in [2.45, 2.75) is 12.2 Å². The molecule has 0 saturated heterocycles. The highest BCUT2D eigenvalue weighted by Crippen LogP contribution is 2.18. The van der Waals surface area contributed by atoms with Gasteiger partial charge in [0.1, 0.15) is 12.2 Å². The van der Waals surface area contributed by atoms with Crippen LogP contribution in [-0.2, 0) is 36.4 Å². The lowest BCUT2D eigenvalue weighted by Crippen LogP contribution is -2.34. The van der Waals surface area contributed by atoms with Crippen LogP contribution in [0.2, 0.25) is 0 Å². The van der Waals surface area contributed by atoms with Gasteiger partial charge in [0.15, 0.2) is 0 Å². The summed E-state index contributed by atoms with van der Waals surface area (Å²) in [7, 11) is -2.50. The second-order valence-corrected chi connectivity index (χ2v) is 3.71. The first-order chi connectivity index (χ1) is 7.79. The van der Waals surface area contributed by atoms with Gasteiger partial charge in [-0.05, 0) is 0 Å². The molecule has 0 radical (unpaired) electrons. The highest BCUT2D eigenvalue weighted by Gasteiger charge is 2.25. The average Bonchev–Trinajstić information content (AvgIpc) is 2.30. The molecule has 0 saturated carbocycles. The predicted molar refractivity (Wildman–Crippen MR) is 52.1 cm³/mol. The van der Waals surface area contributed by atoms with Crippen LogP contribution in [0.15, 0.2) is 0 Å². The molecule has 90 valence electrons. The van der Waals surface area contributed by atoms with Gasteiger partial charge in [-0.25, -0.2) is 18.3 Å². The Morgan fingerprint density at radius 3 is 1.31 bits per heavy atom. The Bertz CT molecular complexity index is 212. The monoisotopic (exact) mass is 306 g/mol. The predicted octanol–water partition coefficient (Wildman–Crippen LogP) is 2.62. The van der Waals surface area contributed by atoms with Crippen LogP contribution < -0.4 is 0 Å². The van der Waals surface area contributed by atoms with Crippen molar-refractivity contribution in [1.29, 1.82) is 0 Å². The summed E-state index contributed by atoms with van der Waals surface area (Å²) in [5.41, 5.74) is 0. The van der Waals surface area contributed by atoms with Gasteiger partial charge in [0.2, 0.25) is 0 Å². The van der Waals surface area contributed by atoms with Gasteiger partial charge in [-0.1, -0.05) is 0 Å². The minimum Gasteiger partial charge on any atom is -0.292 e. The highest BCUT2D eigenvalue weighted by molar-refractivity contribution is 7.18. The zero-order valence-electron chi connectivity index (χ0n) is 7.62. The smallest absolute Gasteiger partial charge is 0.292 e. The number of hydrogen-bond donors (Lipinski definition) is 0. The summed E-state index contributed by atoms with van der Waals surface area (Å²) < 4.78 is 58.9. The third-order valence-electron chi connectivity index (χ3n) is 1.35. The van der Waals surface area contributed by atoms with Crippen LogP contribution in [-0.4, -0.2) is 25.4 Å². The van der Waals surface area contributed by atoms with E-state index in [9.17, 15) is 18.3 Å². The minimum atomic E-state index is -0.927. The van der Waals surface area contributed by atoms with E-state index in [0.29, 0.717) is 0 Å². The van der Waals surface area contributed by atoms with E-state index < -0.39 is 47.0 Å². The summed E-state index contributed by atoms with van der Waals surface area (Å²) in [6.07, 6.45) is -1.85. The summed E-state index contributed by atoms with van der Waals surface area (Å²) in [4.78, 5) is 0. The van der Waals surface area contributed by atoms with Crippen molar-refractivity contribution in [2.24, 2.45) is 0 Å². The highest BCUT2D eigenvalue weighted by atomic mass is 31.1.